The van der Waals surface area contributed by atoms with Crippen molar-refractivity contribution in [2.24, 2.45) is 0 Å². The number of morpholine rings is 1. The molecule has 22 heavy (non-hydrogen) atoms. The number of benzene rings is 1. The molecule has 0 radical (unpaired) electrons. The fourth-order valence-corrected chi connectivity index (χ4v) is 2.25. The minimum Gasteiger partial charge on any atom is -0.492 e. The largest absolute Gasteiger partial charge is 0.492 e. The molecule has 0 aromatic heterocycles. The van der Waals surface area contributed by atoms with Crippen LogP contribution >= 0.6 is 12.4 Å². The predicted molar refractivity (Wildman–Crippen MR) is 88.8 cm³/mol. The zero-order chi connectivity index (χ0) is 15.1. The van der Waals surface area contributed by atoms with Gasteiger partial charge in [-0.3, -0.25) is 4.79 Å². The zero-order valence-corrected chi connectivity index (χ0v) is 14.0. The van der Waals surface area contributed by atoms with E-state index < -0.39 is 0 Å². The molecule has 2 rings (SSSR count). The van der Waals surface area contributed by atoms with Crippen LogP contribution in [0.2, 0.25) is 0 Å². The summed E-state index contributed by atoms with van der Waals surface area (Å²) in [5.41, 5.74) is 1.17. The maximum atomic E-state index is 12.1. The number of ether oxygens (including phenoxy) is 2. The van der Waals surface area contributed by atoms with Crippen LogP contribution in [0, 0.1) is 6.92 Å². The van der Waals surface area contributed by atoms with Gasteiger partial charge in [-0.2, -0.15) is 0 Å². The van der Waals surface area contributed by atoms with Crippen molar-refractivity contribution < 1.29 is 14.3 Å². The number of nitrogens with one attached hydrogen (secondary N) is 1. The Kier molecular flexibility index (Phi) is 8.24. The molecule has 1 atom stereocenters. The second-order valence-electron chi connectivity index (χ2n) is 5.41. The Morgan fingerprint density at radius 1 is 1.50 bits per heavy atom. The van der Waals surface area contributed by atoms with Gasteiger partial charge in [-0.25, -0.2) is 0 Å². The molecule has 1 aliphatic rings. The average molecular weight is 329 g/mol. The van der Waals surface area contributed by atoms with E-state index in [-0.39, 0.29) is 24.4 Å². The van der Waals surface area contributed by atoms with E-state index in [2.05, 4.69) is 5.32 Å². The number of amides is 1. The topological polar surface area (TPSA) is 50.8 Å². The van der Waals surface area contributed by atoms with E-state index in [9.17, 15) is 4.79 Å². The van der Waals surface area contributed by atoms with Gasteiger partial charge in [0.15, 0.2) is 0 Å². The highest BCUT2D eigenvalue weighted by atomic mass is 35.5. The minimum atomic E-state index is 0. The molecule has 1 aromatic rings. The molecule has 0 aliphatic carbocycles. The molecule has 0 saturated carbocycles. The van der Waals surface area contributed by atoms with E-state index in [1.807, 2.05) is 38.2 Å². The molecular weight excluding hydrogens is 304 g/mol. The third-order valence-corrected chi connectivity index (χ3v) is 3.53. The summed E-state index contributed by atoms with van der Waals surface area (Å²) in [4.78, 5) is 13.8. The van der Waals surface area contributed by atoms with Crippen molar-refractivity contribution in [3.05, 3.63) is 29.8 Å². The molecule has 0 bridgehead atoms. The first kappa shape index (κ1) is 18.7. The maximum absolute atomic E-state index is 12.1. The number of rotatable bonds is 6. The molecule has 1 unspecified atom stereocenters. The summed E-state index contributed by atoms with van der Waals surface area (Å²) in [6.07, 6.45) is 0.473. The van der Waals surface area contributed by atoms with E-state index >= 15 is 0 Å². The predicted octanol–water partition coefficient (Wildman–Crippen LogP) is 1.63. The van der Waals surface area contributed by atoms with Gasteiger partial charge in [-0.05, 0) is 24.6 Å². The van der Waals surface area contributed by atoms with Crippen LogP contribution in [0.4, 0.5) is 0 Å². The summed E-state index contributed by atoms with van der Waals surface area (Å²) in [7, 11) is 1.81. The normalized spacial score (nSPS) is 17.5. The summed E-state index contributed by atoms with van der Waals surface area (Å²) in [6.45, 7) is 5.27. The second-order valence-corrected chi connectivity index (χ2v) is 5.41. The van der Waals surface area contributed by atoms with Crippen molar-refractivity contribution >= 4 is 18.3 Å². The van der Waals surface area contributed by atoms with Crippen LogP contribution in [0.5, 0.6) is 5.75 Å². The lowest BCUT2D eigenvalue weighted by Gasteiger charge is -2.25. The summed E-state index contributed by atoms with van der Waals surface area (Å²) in [6, 6.07) is 8.05. The number of likely N-dealkylation sites (N-methyl/N-ethyl adjacent to an activating group) is 1. The van der Waals surface area contributed by atoms with Crippen molar-refractivity contribution in [1.29, 1.82) is 0 Å². The fraction of sp³-hybridized carbons (Fsp3) is 0.562. The Morgan fingerprint density at radius 2 is 2.32 bits per heavy atom. The molecule has 6 heteroatoms. The lowest BCUT2D eigenvalue weighted by Crippen LogP contribution is -2.45. The van der Waals surface area contributed by atoms with Gasteiger partial charge in [0.25, 0.3) is 0 Å². The Morgan fingerprint density at radius 3 is 3.00 bits per heavy atom. The van der Waals surface area contributed by atoms with Crippen LogP contribution in [-0.2, 0) is 9.53 Å². The van der Waals surface area contributed by atoms with Gasteiger partial charge in [0.05, 0.1) is 19.8 Å². The Labute approximate surface area is 138 Å². The van der Waals surface area contributed by atoms with E-state index in [0.29, 0.717) is 26.2 Å². The summed E-state index contributed by atoms with van der Waals surface area (Å²) in [5, 5.41) is 3.29. The van der Waals surface area contributed by atoms with E-state index in [1.54, 1.807) is 4.90 Å². The van der Waals surface area contributed by atoms with Gasteiger partial charge in [0, 0.05) is 26.1 Å². The van der Waals surface area contributed by atoms with Crippen molar-refractivity contribution in [2.75, 3.05) is 40.0 Å². The van der Waals surface area contributed by atoms with Gasteiger partial charge in [-0.1, -0.05) is 12.1 Å². The highest BCUT2D eigenvalue weighted by Gasteiger charge is 2.19. The Hall–Kier alpha value is -1.30. The molecule has 1 N–H and O–H groups in total. The number of halogens is 1. The number of carbonyl (C=O) groups excluding carboxylic acids is 1. The van der Waals surface area contributed by atoms with Crippen LogP contribution < -0.4 is 10.1 Å². The van der Waals surface area contributed by atoms with E-state index in [0.717, 1.165) is 18.9 Å². The molecule has 1 aromatic carbocycles. The molecule has 1 amide bonds. The smallest absolute Gasteiger partial charge is 0.224 e. The van der Waals surface area contributed by atoms with Crippen molar-refractivity contribution in [1.82, 2.24) is 10.2 Å². The third kappa shape index (κ3) is 6.22. The van der Waals surface area contributed by atoms with Crippen molar-refractivity contribution in [2.45, 2.75) is 19.4 Å². The summed E-state index contributed by atoms with van der Waals surface area (Å²) >= 11 is 0. The monoisotopic (exact) mass is 328 g/mol. The molecule has 1 heterocycles. The molecule has 1 fully saturated rings. The van der Waals surface area contributed by atoms with E-state index in [1.165, 1.54) is 5.56 Å². The highest BCUT2D eigenvalue weighted by molar-refractivity contribution is 5.85. The van der Waals surface area contributed by atoms with Gasteiger partial charge < -0.3 is 19.7 Å². The lowest BCUT2D eigenvalue weighted by atomic mass is 10.2. The fourth-order valence-electron chi connectivity index (χ4n) is 2.25. The van der Waals surface area contributed by atoms with Gasteiger partial charge in [0.1, 0.15) is 12.4 Å². The molecule has 124 valence electrons. The van der Waals surface area contributed by atoms with Crippen LogP contribution in [-0.4, -0.2) is 56.8 Å². The van der Waals surface area contributed by atoms with Crippen LogP contribution in [0.1, 0.15) is 12.0 Å². The van der Waals surface area contributed by atoms with Crippen molar-refractivity contribution in [3.63, 3.8) is 0 Å². The molecule has 1 aliphatic heterocycles. The second kappa shape index (κ2) is 9.66. The van der Waals surface area contributed by atoms with Gasteiger partial charge >= 0.3 is 0 Å². The first-order valence-corrected chi connectivity index (χ1v) is 7.39. The van der Waals surface area contributed by atoms with Crippen molar-refractivity contribution in [3.8, 4) is 5.75 Å². The van der Waals surface area contributed by atoms with E-state index in [4.69, 9.17) is 9.47 Å². The number of carbonyl (C=O) groups is 1. The molecule has 5 nitrogen and oxygen atoms in total. The SMILES string of the molecule is Cc1cccc(OCCN(C)C(=O)CC2COCCN2)c1.Cl. The third-order valence-electron chi connectivity index (χ3n) is 3.53. The number of hydrogen-bond donors (Lipinski definition) is 1. The van der Waals surface area contributed by atoms with Gasteiger partial charge in [0.2, 0.25) is 5.91 Å². The first-order valence-electron chi connectivity index (χ1n) is 7.39. The first-order chi connectivity index (χ1) is 10.1. The summed E-state index contributed by atoms with van der Waals surface area (Å²) < 4.78 is 11.0. The Balaban J connectivity index is 0.00000242. The molecule has 0 spiro atoms. The quantitative estimate of drug-likeness (QED) is 0.862. The summed E-state index contributed by atoms with van der Waals surface area (Å²) in [5.74, 6) is 0.962. The minimum absolute atomic E-state index is 0. The van der Waals surface area contributed by atoms with Crippen LogP contribution in [0.25, 0.3) is 0 Å². The average Bonchev–Trinajstić information content (AvgIpc) is 2.48. The van der Waals surface area contributed by atoms with Crippen LogP contribution in [0.3, 0.4) is 0 Å². The molecule has 1 saturated heterocycles. The maximum Gasteiger partial charge on any atom is 0.224 e. The zero-order valence-electron chi connectivity index (χ0n) is 13.2. The molecular formula is C16H25ClN2O3. The number of hydrogen-bond acceptors (Lipinski definition) is 4. The number of nitrogens with zero attached hydrogens (tertiary/aromatic N) is 1. The van der Waals surface area contributed by atoms with Gasteiger partial charge in [-0.15, -0.1) is 12.4 Å². The van der Waals surface area contributed by atoms with Crippen LogP contribution in [0.15, 0.2) is 24.3 Å². The Bertz CT molecular complexity index is 464. The highest BCUT2D eigenvalue weighted by Crippen LogP contribution is 2.12. The number of aryl methyl sites for hydroxylation is 1. The standard InChI is InChI=1S/C16H24N2O3.ClH/c1-13-4-3-5-15(10-13)21-9-7-18(2)16(19)11-14-12-20-8-6-17-14;/h3-5,10,14,17H,6-9,11-12H2,1-2H3;1H. The lowest BCUT2D eigenvalue weighted by molar-refractivity contribution is -0.131.